The van der Waals surface area contributed by atoms with E-state index < -0.39 is 17.6 Å². The lowest BCUT2D eigenvalue weighted by atomic mass is 9.73. The van der Waals surface area contributed by atoms with Crippen molar-refractivity contribution in [3.63, 3.8) is 0 Å². The van der Waals surface area contributed by atoms with E-state index >= 15 is 0 Å². The number of likely N-dealkylation sites (tertiary alicyclic amines) is 1. The van der Waals surface area contributed by atoms with Crippen LogP contribution in [0.4, 0.5) is 0 Å². The van der Waals surface area contributed by atoms with Gasteiger partial charge in [-0.15, -0.1) is 0 Å². The molecule has 0 aromatic rings. The molecule has 22 heavy (non-hydrogen) atoms. The van der Waals surface area contributed by atoms with E-state index in [4.69, 9.17) is 5.11 Å². The SMILES string of the molecule is C[C@H](N=CC(=O)O)C(=O)N1CCC[C@]1([C]=O)C1CCCCC1. The van der Waals surface area contributed by atoms with E-state index in [1.165, 1.54) is 6.42 Å². The molecule has 1 N–H and O–H groups in total. The van der Waals surface area contributed by atoms with E-state index in [0.717, 1.165) is 38.3 Å². The van der Waals surface area contributed by atoms with Gasteiger partial charge in [-0.05, 0) is 38.5 Å². The second-order valence-corrected chi connectivity index (χ2v) is 6.25. The molecular weight excluding hydrogens is 284 g/mol. The molecule has 1 aliphatic carbocycles. The maximum Gasteiger partial charge on any atom is 0.346 e. The summed E-state index contributed by atoms with van der Waals surface area (Å²) in [6, 6.07) is -0.787. The first-order valence-corrected chi connectivity index (χ1v) is 7.98. The summed E-state index contributed by atoms with van der Waals surface area (Å²) in [5.74, 6) is -1.29. The van der Waals surface area contributed by atoms with Crippen molar-refractivity contribution >= 4 is 24.4 Å². The summed E-state index contributed by atoms with van der Waals surface area (Å²) < 4.78 is 0. The van der Waals surface area contributed by atoms with Crippen molar-refractivity contribution in [1.82, 2.24) is 4.90 Å². The zero-order chi connectivity index (χ0) is 16.2. The quantitative estimate of drug-likeness (QED) is 0.781. The minimum atomic E-state index is -1.18. The Kier molecular flexibility index (Phi) is 5.32. The number of carbonyl (C=O) groups excluding carboxylic acids is 2. The van der Waals surface area contributed by atoms with Gasteiger partial charge in [0.25, 0.3) is 0 Å². The van der Waals surface area contributed by atoms with Gasteiger partial charge in [0.1, 0.15) is 17.8 Å². The van der Waals surface area contributed by atoms with Crippen molar-refractivity contribution < 1.29 is 19.5 Å². The molecule has 0 aromatic carbocycles. The first kappa shape index (κ1) is 16.6. The third-order valence-electron chi connectivity index (χ3n) is 4.91. The van der Waals surface area contributed by atoms with Crippen molar-refractivity contribution in [2.75, 3.05) is 6.54 Å². The summed E-state index contributed by atoms with van der Waals surface area (Å²) in [5, 5.41) is 8.63. The maximum atomic E-state index is 12.6. The lowest BCUT2D eigenvalue weighted by molar-refractivity contribution is -0.136. The third-order valence-corrected chi connectivity index (χ3v) is 4.91. The van der Waals surface area contributed by atoms with Gasteiger partial charge < -0.3 is 10.0 Å². The van der Waals surface area contributed by atoms with Gasteiger partial charge in [-0.1, -0.05) is 19.3 Å². The van der Waals surface area contributed by atoms with Crippen LogP contribution >= 0.6 is 0 Å². The Hall–Kier alpha value is -1.72. The number of carboxylic acids is 1. The van der Waals surface area contributed by atoms with Crippen LogP contribution in [0.15, 0.2) is 4.99 Å². The fourth-order valence-corrected chi connectivity index (χ4v) is 3.81. The van der Waals surface area contributed by atoms with Gasteiger partial charge in [-0.2, -0.15) is 0 Å². The Morgan fingerprint density at radius 3 is 2.59 bits per heavy atom. The topological polar surface area (TPSA) is 87.0 Å². The Morgan fingerprint density at radius 2 is 2.00 bits per heavy atom. The van der Waals surface area contributed by atoms with Gasteiger partial charge in [-0.25, -0.2) is 4.79 Å². The second-order valence-electron chi connectivity index (χ2n) is 6.25. The lowest BCUT2D eigenvalue weighted by Crippen LogP contribution is -2.56. The highest BCUT2D eigenvalue weighted by Crippen LogP contribution is 2.42. The number of aliphatic imine (C=N–C) groups is 1. The molecule has 1 saturated carbocycles. The zero-order valence-electron chi connectivity index (χ0n) is 13.0. The van der Waals surface area contributed by atoms with Crippen LogP contribution in [0.25, 0.3) is 0 Å². The zero-order valence-corrected chi connectivity index (χ0v) is 13.0. The highest BCUT2D eigenvalue weighted by atomic mass is 16.4. The van der Waals surface area contributed by atoms with Crippen LogP contribution < -0.4 is 0 Å². The van der Waals surface area contributed by atoms with Crippen molar-refractivity contribution in [1.29, 1.82) is 0 Å². The number of rotatable bonds is 5. The Balaban J connectivity index is 2.18. The lowest BCUT2D eigenvalue weighted by Gasteiger charge is -2.42. The monoisotopic (exact) mass is 307 g/mol. The van der Waals surface area contributed by atoms with Crippen LogP contribution in [-0.4, -0.2) is 52.5 Å². The third kappa shape index (κ3) is 3.20. The van der Waals surface area contributed by atoms with Gasteiger partial charge in [0.15, 0.2) is 0 Å². The second kappa shape index (κ2) is 7.03. The molecule has 0 unspecified atom stereocenters. The number of hydrogen-bond acceptors (Lipinski definition) is 4. The van der Waals surface area contributed by atoms with Gasteiger partial charge in [-0.3, -0.25) is 14.6 Å². The molecule has 121 valence electrons. The minimum Gasteiger partial charge on any atom is -0.477 e. The number of carboxylic acid groups (broad SMARTS) is 1. The van der Waals surface area contributed by atoms with Crippen LogP contribution in [0.2, 0.25) is 0 Å². The molecule has 2 atom stereocenters. The summed E-state index contributed by atoms with van der Waals surface area (Å²) in [5.41, 5.74) is -0.829. The van der Waals surface area contributed by atoms with Gasteiger partial charge in [0.05, 0.1) is 0 Å². The molecule has 2 fully saturated rings. The maximum absolute atomic E-state index is 12.6. The van der Waals surface area contributed by atoms with Crippen LogP contribution in [0.5, 0.6) is 0 Å². The molecule has 2 rings (SSSR count). The standard InChI is InChI=1S/C16H23N2O4/c1-12(17-10-14(20)21)15(22)18-9-5-8-16(18,11-19)13-6-3-2-4-7-13/h10,12-13H,2-9H2,1H3,(H,20,21)/t12-,16-/m0/s1. The largest absolute Gasteiger partial charge is 0.477 e. The van der Waals surface area contributed by atoms with Gasteiger partial charge in [0.2, 0.25) is 12.2 Å². The van der Waals surface area contributed by atoms with Crippen molar-refractivity contribution in [2.24, 2.45) is 10.9 Å². The number of carbonyl (C=O) groups is 2. The van der Waals surface area contributed by atoms with E-state index in [9.17, 15) is 14.4 Å². The summed E-state index contributed by atoms with van der Waals surface area (Å²) in [6.07, 6.45) is 9.62. The summed E-state index contributed by atoms with van der Waals surface area (Å²) in [7, 11) is 0. The molecule has 1 heterocycles. The van der Waals surface area contributed by atoms with Crippen LogP contribution in [0.3, 0.4) is 0 Å². The van der Waals surface area contributed by atoms with E-state index in [2.05, 4.69) is 11.3 Å². The fourth-order valence-electron chi connectivity index (χ4n) is 3.81. The molecule has 2 aliphatic rings. The van der Waals surface area contributed by atoms with E-state index in [1.54, 1.807) is 11.8 Å². The molecule has 0 bridgehead atoms. The van der Waals surface area contributed by atoms with Crippen molar-refractivity contribution in [3.05, 3.63) is 0 Å². The number of aliphatic carboxylic acids is 1. The average Bonchev–Trinajstić information content (AvgIpc) is 2.97. The summed E-state index contributed by atoms with van der Waals surface area (Å²) in [6.45, 7) is 2.09. The molecule has 0 spiro atoms. The molecule has 6 nitrogen and oxygen atoms in total. The Labute approximate surface area is 130 Å². The number of amides is 1. The first-order chi connectivity index (χ1) is 10.5. The fraction of sp³-hybridized carbons (Fsp3) is 0.750. The smallest absolute Gasteiger partial charge is 0.346 e. The van der Waals surface area contributed by atoms with Gasteiger partial charge in [0, 0.05) is 6.54 Å². The number of nitrogens with zero attached hydrogens (tertiary/aromatic N) is 2. The molecule has 6 heteroatoms. The van der Waals surface area contributed by atoms with Crippen LogP contribution in [0.1, 0.15) is 51.9 Å². The van der Waals surface area contributed by atoms with E-state index in [-0.39, 0.29) is 11.8 Å². The summed E-state index contributed by atoms with van der Waals surface area (Å²) in [4.78, 5) is 40.3. The van der Waals surface area contributed by atoms with Crippen molar-refractivity contribution in [3.8, 4) is 0 Å². The molecule has 0 aromatic heterocycles. The van der Waals surface area contributed by atoms with E-state index in [0.29, 0.717) is 13.0 Å². The highest BCUT2D eigenvalue weighted by molar-refractivity contribution is 6.22. The minimum absolute atomic E-state index is 0.167. The van der Waals surface area contributed by atoms with Gasteiger partial charge >= 0.3 is 5.97 Å². The highest BCUT2D eigenvalue weighted by Gasteiger charge is 2.50. The summed E-state index contributed by atoms with van der Waals surface area (Å²) >= 11 is 0. The average molecular weight is 307 g/mol. The predicted molar refractivity (Wildman–Crippen MR) is 81.5 cm³/mol. The normalized spacial score (nSPS) is 28.0. The Morgan fingerprint density at radius 1 is 1.32 bits per heavy atom. The van der Waals surface area contributed by atoms with Crippen molar-refractivity contribution in [2.45, 2.75) is 63.5 Å². The molecular formula is C16H23N2O4. The Bertz CT molecular complexity index is 471. The first-order valence-electron chi connectivity index (χ1n) is 7.98. The van der Waals surface area contributed by atoms with Crippen LogP contribution in [-0.2, 0) is 14.4 Å². The number of hydrogen-bond donors (Lipinski definition) is 1. The molecule has 1 amide bonds. The van der Waals surface area contributed by atoms with Crippen LogP contribution in [0, 0.1) is 5.92 Å². The van der Waals surface area contributed by atoms with E-state index in [1.807, 2.05) is 0 Å². The molecule has 1 saturated heterocycles. The molecule has 1 radical (unpaired) electrons. The molecule has 1 aliphatic heterocycles. The predicted octanol–water partition coefficient (Wildman–Crippen LogP) is 1.58.